The molecular formula is C18H18O5. The molecule has 0 aliphatic carbocycles. The van der Waals surface area contributed by atoms with Crippen molar-refractivity contribution in [3.63, 3.8) is 0 Å². The van der Waals surface area contributed by atoms with Gasteiger partial charge < -0.3 is 18.9 Å². The van der Waals surface area contributed by atoms with Crippen LogP contribution < -0.4 is 18.9 Å². The minimum Gasteiger partial charge on any atom is -0.493 e. The molecule has 0 N–H and O–H groups in total. The van der Waals surface area contributed by atoms with Crippen LogP contribution in [-0.4, -0.2) is 27.3 Å². The van der Waals surface area contributed by atoms with E-state index in [0.717, 1.165) is 11.1 Å². The summed E-state index contributed by atoms with van der Waals surface area (Å²) in [6, 6.07) is 11.5. The maximum atomic E-state index is 12.0. The molecule has 1 atom stereocenters. The average molecular weight is 314 g/mol. The van der Waals surface area contributed by atoms with Gasteiger partial charge in [-0.25, -0.2) is 0 Å². The summed E-state index contributed by atoms with van der Waals surface area (Å²) in [5, 5.41) is 0. The van der Waals surface area contributed by atoms with Crippen LogP contribution in [0.1, 0.15) is 23.5 Å². The summed E-state index contributed by atoms with van der Waals surface area (Å²) in [6.45, 7) is 0. The minimum atomic E-state index is -0.277. The third-order valence-corrected chi connectivity index (χ3v) is 3.98. The van der Waals surface area contributed by atoms with E-state index in [1.54, 1.807) is 20.3 Å². The molecule has 120 valence electrons. The van der Waals surface area contributed by atoms with Crippen LogP contribution in [0.15, 0.2) is 36.4 Å². The van der Waals surface area contributed by atoms with Crippen LogP contribution in [0.3, 0.4) is 0 Å². The fourth-order valence-corrected chi connectivity index (χ4v) is 2.97. The van der Waals surface area contributed by atoms with Crippen molar-refractivity contribution >= 4 is 5.97 Å². The smallest absolute Gasteiger partial charge is 0.312 e. The summed E-state index contributed by atoms with van der Waals surface area (Å²) < 4.78 is 21.8. The predicted molar refractivity (Wildman–Crippen MR) is 84.6 cm³/mol. The van der Waals surface area contributed by atoms with Gasteiger partial charge in [-0.05, 0) is 5.56 Å². The second-order valence-corrected chi connectivity index (χ2v) is 5.20. The van der Waals surface area contributed by atoms with Crippen molar-refractivity contribution in [1.82, 2.24) is 0 Å². The first-order valence-electron chi connectivity index (χ1n) is 7.28. The lowest BCUT2D eigenvalue weighted by molar-refractivity contribution is -0.135. The van der Waals surface area contributed by atoms with Gasteiger partial charge in [-0.3, -0.25) is 4.79 Å². The maximum Gasteiger partial charge on any atom is 0.312 e. The standard InChI is InChI=1S/C18H18O5/c1-20-14-10-13-16(18(22-3)17(14)21-2)12(9-15(19)23-13)11-7-5-4-6-8-11/h4-8,10,12H,9H2,1-3H3/t12-/m0/s1. The third kappa shape index (κ3) is 2.59. The second-order valence-electron chi connectivity index (χ2n) is 5.20. The lowest BCUT2D eigenvalue weighted by Crippen LogP contribution is -2.22. The number of hydrogen-bond donors (Lipinski definition) is 0. The van der Waals surface area contributed by atoms with E-state index in [1.807, 2.05) is 30.3 Å². The molecule has 2 aromatic carbocycles. The van der Waals surface area contributed by atoms with Crippen LogP contribution in [0.4, 0.5) is 0 Å². The van der Waals surface area contributed by atoms with Crippen molar-refractivity contribution in [3.05, 3.63) is 47.5 Å². The Morgan fingerprint density at radius 1 is 1.00 bits per heavy atom. The molecule has 0 spiro atoms. The highest BCUT2D eigenvalue weighted by Crippen LogP contribution is 2.52. The zero-order chi connectivity index (χ0) is 16.4. The molecule has 1 heterocycles. The number of benzene rings is 2. The summed E-state index contributed by atoms with van der Waals surface area (Å²) in [5.41, 5.74) is 1.83. The van der Waals surface area contributed by atoms with Crippen molar-refractivity contribution in [2.45, 2.75) is 12.3 Å². The fraction of sp³-hybridized carbons (Fsp3) is 0.278. The molecule has 0 radical (unpaired) electrons. The zero-order valence-corrected chi connectivity index (χ0v) is 13.3. The molecule has 0 amide bonds. The normalized spacial score (nSPS) is 16.3. The SMILES string of the molecule is COc1cc2c(c(OC)c1OC)[C@H](c1ccccc1)CC(=O)O2. The summed E-state index contributed by atoms with van der Waals surface area (Å²) in [4.78, 5) is 12.0. The van der Waals surface area contributed by atoms with Gasteiger partial charge in [0.1, 0.15) is 5.75 Å². The van der Waals surface area contributed by atoms with E-state index in [0.29, 0.717) is 23.0 Å². The van der Waals surface area contributed by atoms with E-state index < -0.39 is 0 Å². The first-order chi connectivity index (χ1) is 11.2. The van der Waals surface area contributed by atoms with Crippen molar-refractivity contribution in [3.8, 4) is 23.0 Å². The number of esters is 1. The van der Waals surface area contributed by atoms with E-state index in [-0.39, 0.29) is 18.3 Å². The molecule has 0 unspecified atom stereocenters. The topological polar surface area (TPSA) is 54.0 Å². The number of fused-ring (bicyclic) bond motifs is 1. The highest BCUT2D eigenvalue weighted by Gasteiger charge is 2.34. The van der Waals surface area contributed by atoms with E-state index in [2.05, 4.69) is 0 Å². The highest BCUT2D eigenvalue weighted by molar-refractivity contribution is 5.80. The van der Waals surface area contributed by atoms with Gasteiger partial charge in [0, 0.05) is 17.5 Å². The third-order valence-electron chi connectivity index (χ3n) is 3.98. The molecule has 5 heteroatoms. The fourth-order valence-electron chi connectivity index (χ4n) is 2.97. The molecule has 1 aliphatic heterocycles. The minimum absolute atomic E-state index is 0.151. The second kappa shape index (κ2) is 6.20. The molecule has 1 aliphatic rings. The monoisotopic (exact) mass is 314 g/mol. The largest absolute Gasteiger partial charge is 0.493 e. The molecule has 3 rings (SSSR count). The zero-order valence-electron chi connectivity index (χ0n) is 13.3. The first kappa shape index (κ1) is 15.2. The molecule has 2 aromatic rings. The van der Waals surface area contributed by atoms with Crippen molar-refractivity contribution in [2.75, 3.05) is 21.3 Å². The Labute approximate surface area is 134 Å². The molecule has 0 aromatic heterocycles. The van der Waals surface area contributed by atoms with E-state index in [9.17, 15) is 4.79 Å². The van der Waals surface area contributed by atoms with Crippen LogP contribution >= 0.6 is 0 Å². The molecular weight excluding hydrogens is 296 g/mol. The highest BCUT2D eigenvalue weighted by atomic mass is 16.5. The molecule has 0 saturated heterocycles. The summed E-state index contributed by atoms with van der Waals surface area (Å²) in [5.74, 6) is 1.51. The Morgan fingerprint density at radius 3 is 2.30 bits per heavy atom. The number of hydrogen-bond acceptors (Lipinski definition) is 5. The van der Waals surface area contributed by atoms with Crippen LogP contribution in [-0.2, 0) is 4.79 Å². The van der Waals surface area contributed by atoms with Crippen LogP contribution in [0.2, 0.25) is 0 Å². The quantitative estimate of drug-likeness (QED) is 0.641. The molecule has 0 fully saturated rings. The van der Waals surface area contributed by atoms with Gasteiger partial charge in [0.15, 0.2) is 11.5 Å². The first-order valence-corrected chi connectivity index (χ1v) is 7.28. The van der Waals surface area contributed by atoms with Gasteiger partial charge in [0.2, 0.25) is 5.75 Å². The van der Waals surface area contributed by atoms with Gasteiger partial charge >= 0.3 is 5.97 Å². The van der Waals surface area contributed by atoms with E-state index in [1.165, 1.54) is 7.11 Å². The lowest BCUT2D eigenvalue weighted by atomic mass is 9.85. The van der Waals surface area contributed by atoms with Crippen molar-refractivity contribution < 1.29 is 23.7 Å². The Balaban J connectivity index is 2.25. The Hall–Kier alpha value is -2.69. The van der Waals surface area contributed by atoms with Gasteiger partial charge in [0.05, 0.1) is 27.8 Å². The lowest BCUT2D eigenvalue weighted by Gasteiger charge is -2.28. The van der Waals surface area contributed by atoms with E-state index >= 15 is 0 Å². The van der Waals surface area contributed by atoms with Crippen LogP contribution in [0, 0.1) is 0 Å². The molecule has 5 nitrogen and oxygen atoms in total. The van der Waals surface area contributed by atoms with Gasteiger partial charge in [-0.2, -0.15) is 0 Å². The van der Waals surface area contributed by atoms with Crippen molar-refractivity contribution in [2.24, 2.45) is 0 Å². The van der Waals surface area contributed by atoms with E-state index in [4.69, 9.17) is 18.9 Å². The number of rotatable bonds is 4. The number of carbonyl (C=O) groups is 1. The number of methoxy groups -OCH3 is 3. The molecule has 0 bridgehead atoms. The molecule has 0 saturated carbocycles. The molecule has 23 heavy (non-hydrogen) atoms. The summed E-state index contributed by atoms with van der Waals surface area (Å²) in [7, 11) is 4.65. The Morgan fingerprint density at radius 2 is 1.70 bits per heavy atom. The predicted octanol–water partition coefficient (Wildman–Crippen LogP) is 3.15. The summed E-state index contributed by atoms with van der Waals surface area (Å²) >= 11 is 0. The Kier molecular flexibility index (Phi) is 4.10. The van der Waals surface area contributed by atoms with Crippen LogP contribution in [0.5, 0.6) is 23.0 Å². The van der Waals surface area contributed by atoms with Gasteiger partial charge in [-0.15, -0.1) is 0 Å². The van der Waals surface area contributed by atoms with Gasteiger partial charge in [-0.1, -0.05) is 30.3 Å². The average Bonchev–Trinajstić information content (AvgIpc) is 2.59. The van der Waals surface area contributed by atoms with Gasteiger partial charge in [0.25, 0.3) is 0 Å². The maximum absolute atomic E-state index is 12.0. The van der Waals surface area contributed by atoms with Crippen LogP contribution in [0.25, 0.3) is 0 Å². The Bertz CT molecular complexity index is 724. The number of carbonyl (C=O) groups excluding carboxylic acids is 1. The number of ether oxygens (including phenoxy) is 4. The van der Waals surface area contributed by atoms with Crippen molar-refractivity contribution in [1.29, 1.82) is 0 Å². The summed E-state index contributed by atoms with van der Waals surface area (Å²) in [6.07, 6.45) is 0.253.